The van der Waals surface area contributed by atoms with E-state index in [1.165, 1.54) is 0 Å². The van der Waals surface area contributed by atoms with Crippen molar-refractivity contribution in [2.24, 2.45) is 0 Å². The van der Waals surface area contributed by atoms with Crippen molar-refractivity contribution in [3.8, 4) is 11.5 Å². The van der Waals surface area contributed by atoms with Crippen LogP contribution in [0.25, 0.3) is 0 Å². The highest BCUT2D eigenvalue weighted by molar-refractivity contribution is 5.96. The molecule has 2 unspecified atom stereocenters. The molecule has 0 radical (unpaired) electrons. The number of ketones is 2. The lowest BCUT2D eigenvalue weighted by Gasteiger charge is -2.47. The Hall–Kier alpha value is -4.18. The maximum atomic E-state index is 12.4. The molecule has 4 aromatic rings. The molecule has 0 aromatic heterocycles. The predicted octanol–water partition coefficient (Wildman–Crippen LogP) is 7.93. The third-order valence-corrected chi connectivity index (χ3v) is 8.25. The van der Waals surface area contributed by atoms with Crippen molar-refractivity contribution in [1.82, 2.24) is 0 Å². The number of aryl methyl sites for hydroxylation is 2. The van der Waals surface area contributed by atoms with Crippen molar-refractivity contribution in [1.29, 1.82) is 0 Å². The van der Waals surface area contributed by atoms with Crippen LogP contribution in [0.5, 0.6) is 11.5 Å². The van der Waals surface area contributed by atoms with Crippen LogP contribution in [0.2, 0.25) is 0 Å². The second kappa shape index (κ2) is 9.53. The lowest BCUT2D eigenvalue weighted by Crippen LogP contribution is -2.50. The van der Waals surface area contributed by atoms with Crippen LogP contribution < -0.4 is 9.47 Å². The molecule has 4 nitrogen and oxygen atoms in total. The highest BCUT2D eigenvalue weighted by atomic mass is 16.7. The van der Waals surface area contributed by atoms with Gasteiger partial charge in [-0.05, 0) is 74.2 Å². The smallest absolute Gasteiger partial charge is 0.253 e. The van der Waals surface area contributed by atoms with Crippen LogP contribution in [0.1, 0.15) is 92.6 Å². The second-order valence-corrected chi connectivity index (χ2v) is 11.0. The predicted molar refractivity (Wildman–Crippen MR) is 152 cm³/mol. The standard InChI is InChI=1S/C35H32O4/c1-21-15-33-29(17-27(21)23(3)36)31(25-11-7-5-8-12-25)19-35(38-33)20-32(26-13-9-6-10-14-26)30-18-28(24(4)37)22(2)16-34(30)39-35/h5-18,31-32H,19-20H2,1-4H3. The SMILES string of the molecule is CC(=O)c1cc2c(cc1C)OC1(CC2c2ccccc2)CC(c2ccccc2)c2cc(C(C)=O)c(C)cc2O1. The van der Waals surface area contributed by atoms with Crippen LogP contribution in [-0.4, -0.2) is 17.4 Å². The lowest BCUT2D eigenvalue weighted by molar-refractivity contribution is -0.146. The van der Waals surface area contributed by atoms with E-state index in [1.54, 1.807) is 13.8 Å². The topological polar surface area (TPSA) is 52.6 Å². The minimum Gasteiger partial charge on any atom is -0.452 e. The Kier molecular flexibility index (Phi) is 6.14. The molecular formula is C35H32O4. The summed E-state index contributed by atoms with van der Waals surface area (Å²) in [4.78, 5) is 24.9. The van der Waals surface area contributed by atoms with E-state index in [0.29, 0.717) is 12.8 Å². The Labute approximate surface area is 229 Å². The summed E-state index contributed by atoms with van der Waals surface area (Å²) in [5.74, 6) is 0.663. The van der Waals surface area contributed by atoms with Crippen LogP contribution in [0.4, 0.5) is 0 Å². The van der Waals surface area contributed by atoms with Crippen LogP contribution in [0, 0.1) is 13.8 Å². The zero-order valence-electron chi connectivity index (χ0n) is 22.8. The van der Waals surface area contributed by atoms with E-state index in [1.807, 2.05) is 74.5 Å². The van der Waals surface area contributed by atoms with Gasteiger partial charge in [0.2, 0.25) is 0 Å². The van der Waals surface area contributed by atoms with Crippen LogP contribution in [0.3, 0.4) is 0 Å². The number of carbonyl (C=O) groups is 2. The van der Waals surface area contributed by atoms with Gasteiger partial charge in [-0.2, -0.15) is 0 Å². The first-order valence-corrected chi connectivity index (χ1v) is 13.5. The van der Waals surface area contributed by atoms with E-state index in [0.717, 1.165) is 56.0 Å². The van der Waals surface area contributed by atoms with E-state index in [-0.39, 0.29) is 23.4 Å². The van der Waals surface area contributed by atoms with Gasteiger partial charge in [0.05, 0.1) is 0 Å². The maximum Gasteiger partial charge on any atom is 0.253 e. The molecule has 1 spiro atoms. The van der Waals surface area contributed by atoms with Crippen molar-refractivity contribution < 1.29 is 19.1 Å². The fraction of sp³-hybridized carbons (Fsp3) is 0.257. The van der Waals surface area contributed by atoms with Gasteiger partial charge in [-0.3, -0.25) is 9.59 Å². The summed E-state index contributed by atoms with van der Waals surface area (Å²) in [7, 11) is 0. The van der Waals surface area contributed by atoms with Gasteiger partial charge < -0.3 is 9.47 Å². The minimum atomic E-state index is -0.921. The quantitative estimate of drug-likeness (QED) is 0.258. The molecule has 0 saturated heterocycles. The average Bonchev–Trinajstić information content (AvgIpc) is 2.92. The monoisotopic (exact) mass is 516 g/mol. The number of rotatable bonds is 4. The molecule has 6 rings (SSSR count). The van der Waals surface area contributed by atoms with E-state index < -0.39 is 5.79 Å². The number of hydrogen-bond donors (Lipinski definition) is 0. The van der Waals surface area contributed by atoms with Crippen molar-refractivity contribution in [2.45, 2.75) is 58.2 Å². The lowest BCUT2D eigenvalue weighted by atomic mass is 9.75. The van der Waals surface area contributed by atoms with E-state index in [9.17, 15) is 9.59 Å². The second-order valence-electron chi connectivity index (χ2n) is 11.0. The zero-order valence-corrected chi connectivity index (χ0v) is 22.8. The largest absolute Gasteiger partial charge is 0.452 e. The Morgan fingerprint density at radius 2 is 1.03 bits per heavy atom. The van der Waals surface area contributed by atoms with Gasteiger partial charge in [-0.25, -0.2) is 0 Å². The van der Waals surface area contributed by atoms with Gasteiger partial charge in [-0.1, -0.05) is 60.7 Å². The molecule has 196 valence electrons. The van der Waals surface area contributed by atoms with Crippen molar-refractivity contribution in [2.75, 3.05) is 0 Å². The molecule has 2 aliphatic rings. The fourth-order valence-corrected chi connectivity index (χ4v) is 6.36. The molecule has 2 atom stereocenters. The normalized spacial score (nSPS) is 21.3. The summed E-state index contributed by atoms with van der Waals surface area (Å²) in [6.07, 6.45) is 1.20. The molecule has 0 amide bonds. The molecule has 0 N–H and O–H groups in total. The Bertz CT molecular complexity index is 1470. The Morgan fingerprint density at radius 1 is 0.641 bits per heavy atom. The number of fused-ring (bicyclic) bond motifs is 2. The molecule has 2 heterocycles. The van der Waals surface area contributed by atoms with Gasteiger partial charge in [-0.15, -0.1) is 0 Å². The molecule has 4 heteroatoms. The summed E-state index contributed by atoms with van der Waals surface area (Å²) in [5, 5.41) is 0. The summed E-state index contributed by atoms with van der Waals surface area (Å²) in [5.41, 5.74) is 7.57. The molecule has 0 fully saturated rings. The van der Waals surface area contributed by atoms with E-state index in [4.69, 9.17) is 9.47 Å². The number of Topliss-reactive ketones (excluding diaryl/α,β-unsaturated/α-hetero) is 2. The summed E-state index contributed by atoms with van der Waals surface area (Å²) < 4.78 is 13.7. The number of carbonyl (C=O) groups excluding carboxylic acids is 2. The number of benzene rings is 4. The van der Waals surface area contributed by atoms with Gasteiger partial charge in [0.25, 0.3) is 5.79 Å². The first-order valence-electron chi connectivity index (χ1n) is 13.5. The zero-order chi connectivity index (χ0) is 27.3. The van der Waals surface area contributed by atoms with Gasteiger partial charge in [0.1, 0.15) is 11.5 Å². The van der Waals surface area contributed by atoms with Gasteiger partial charge in [0, 0.05) is 46.9 Å². The minimum absolute atomic E-state index is 0.00999. The fourth-order valence-electron chi connectivity index (χ4n) is 6.36. The van der Waals surface area contributed by atoms with Crippen LogP contribution in [0.15, 0.2) is 84.9 Å². The summed E-state index contributed by atoms with van der Waals surface area (Å²) in [6.45, 7) is 7.13. The summed E-state index contributed by atoms with van der Waals surface area (Å²) >= 11 is 0. The van der Waals surface area contributed by atoms with Gasteiger partial charge in [0.15, 0.2) is 11.6 Å². The van der Waals surface area contributed by atoms with Crippen LogP contribution >= 0.6 is 0 Å². The third kappa shape index (κ3) is 4.44. The van der Waals surface area contributed by atoms with Crippen molar-refractivity contribution >= 4 is 11.6 Å². The number of ether oxygens (including phenoxy) is 2. The molecule has 0 saturated carbocycles. The third-order valence-electron chi connectivity index (χ3n) is 8.25. The van der Waals surface area contributed by atoms with Crippen molar-refractivity contribution in [3.63, 3.8) is 0 Å². The molecule has 4 aromatic carbocycles. The Morgan fingerprint density at radius 3 is 1.38 bits per heavy atom. The Balaban J connectivity index is 1.53. The van der Waals surface area contributed by atoms with Gasteiger partial charge >= 0.3 is 0 Å². The highest BCUT2D eigenvalue weighted by Gasteiger charge is 2.49. The maximum absolute atomic E-state index is 12.4. The molecular weight excluding hydrogens is 484 g/mol. The molecule has 0 bridgehead atoms. The first-order chi connectivity index (χ1) is 18.7. The number of hydrogen-bond acceptors (Lipinski definition) is 4. The molecule has 0 aliphatic carbocycles. The van der Waals surface area contributed by atoms with E-state index >= 15 is 0 Å². The average molecular weight is 517 g/mol. The molecule has 2 aliphatic heterocycles. The van der Waals surface area contributed by atoms with Crippen molar-refractivity contribution in [3.05, 3.63) is 129 Å². The first kappa shape index (κ1) is 25.1. The molecule has 39 heavy (non-hydrogen) atoms. The highest BCUT2D eigenvalue weighted by Crippen LogP contribution is 2.53. The van der Waals surface area contributed by atoms with E-state index in [2.05, 4.69) is 24.3 Å². The van der Waals surface area contributed by atoms with Crippen LogP contribution in [-0.2, 0) is 0 Å². The summed E-state index contributed by atoms with van der Waals surface area (Å²) in [6, 6.07) is 28.8.